The van der Waals surface area contributed by atoms with Crippen LogP contribution in [0.5, 0.6) is 0 Å². The average Bonchev–Trinajstić information content (AvgIpc) is 2.43. The van der Waals surface area contributed by atoms with Gasteiger partial charge in [-0.1, -0.05) is 90.9 Å². The summed E-state index contributed by atoms with van der Waals surface area (Å²) < 4.78 is 0. The van der Waals surface area contributed by atoms with Crippen LogP contribution < -0.4 is 0 Å². The van der Waals surface area contributed by atoms with Gasteiger partial charge in [-0.2, -0.15) is 0 Å². The molecule has 0 spiro atoms. The summed E-state index contributed by atoms with van der Waals surface area (Å²) >= 11 is 0. The minimum absolute atomic E-state index is 0.394. The van der Waals surface area contributed by atoms with E-state index in [1.807, 2.05) is 0 Å². The molecule has 1 heteroatoms. The molecular formula is C18H38O. The first kappa shape index (κ1) is 19.0. The van der Waals surface area contributed by atoms with Crippen LogP contribution in [0.1, 0.15) is 104 Å². The zero-order chi connectivity index (χ0) is 14.2. The Bertz CT molecular complexity index is 156. The molecule has 0 fully saturated rings. The van der Waals surface area contributed by atoms with Crippen molar-refractivity contribution in [2.45, 2.75) is 104 Å². The zero-order valence-electron chi connectivity index (χ0n) is 13.6. The highest BCUT2D eigenvalue weighted by Crippen LogP contribution is 2.16. The van der Waals surface area contributed by atoms with Gasteiger partial charge < -0.3 is 5.11 Å². The van der Waals surface area contributed by atoms with Crippen molar-refractivity contribution in [1.29, 1.82) is 0 Å². The minimum Gasteiger partial charge on any atom is -0.396 e. The summed E-state index contributed by atoms with van der Waals surface area (Å²) in [5.74, 6) is 0.573. The van der Waals surface area contributed by atoms with Gasteiger partial charge >= 0.3 is 0 Å². The Morgan fingerprint density at radius 2 is 1.05 bits per heavy atom. The van der Waals surface area contributed by atoms with Crippen LogP contribution in [0.4, 0.5) is 0 Å². The Morgan fingerprint density at radius 3 is 1.47 bits per heavy atom. The molecule has 1 unspecified atom stereocenters. The number of hydrogen-bond acceptors (Lipinski definition) is 1. The van der Waals surface area contributed by atoms with E-state index in [1.165, 1.54) is 89.9 Å². The molecule has 1 nitrogen and oxygen atoms in total. The number of unbranched alkanes of at least 4 members (excludes halogenated alkanes) is 10. The van der Waals surface area contributed by atoms with E-state index < -0.39 is 0 Å². The van der Waals surface area contributed by atoms with Gasteiger partial charge in [-0.25, -0.2) is 0 Å². The molecule has 0 heterocycles. The van der Waals surface area contributed by atoms with Gasteiger partial charge in [-0.05, 0) is 18.8 Å². The van der Waals surface area contributed by atoms with Gasteiger partial charge in [-0.3, -0.25) is 0 Å². The van der Waals surface area contributed by atoms with Crippen LogP contribution in [0.25, 0.3) is 0 Å². The van der Waals surface area contributed by atoms with Gasteiger partial charge in [0.15, 0.2) is 0 Å². The maximum Gasteiger partial charge on any atom is 0.0459 e. The van der Waals surface area contributed by atoms with E-state index in [1.54, 1.807) is 0 Å². The van der Waals surface area contributed by atoms with Crippen molar-refractivity contribution in [2.24, 2.45) is 5.92 Å². The molecule has 0 saturated carbocycles. The molecule has 0 bridgehead atoms. The second-order valence-electron chi connectivity index (χ2n) is 6.16. The Morgan fingerprint density at radius 1 is 0.579 bits per heavy atom. The van der Waals surface area contributed by atoms with Gasteiger partial charge in [0.25, 0.3) is 0 Å². The molecular weight excluding hydrogens is 232 g/mol. The number of rotatable bonds is 15. The van der Waals surface area contributed by atoms with E-state index in [4.69, 9.17) is 0 Å². The molecule has 116 valence electrons. The minimum atomic E-state index is 0.394. The topological polar surface area (TPSA) is 20.2 Å². The predicted octanol–water partition coefficient (Wildman–Crippen LogP) is 6.10. The lowest BCUT2D eigenvalue weighted by Crippen LogP contribution is -2.05. The second kappa shape index (κ2) is 16.0. The predicted molar refractivity (Wildman–Crippen MR) is 86.6 cm³/mol. The van der Waals surface area contributed by atoms with E-state index in [9.17, 15) is 5.11 Å². The molecule has 0 radical (unpaired) electrons. The van der Waals surface area contributed by atoms with Crippen molar-refractivity contribution in [3.05, 3.63) is 0 Å². The third-order valence-electron chi connectivity index (χ3n) is 4.17. The maximum absolute atomic E-state index is 9.22. The fraction of sp³-hybridized carbons (Fsp3) is 1.00. The molecule has 0 aromatic heterocycles. The molecule has 0 rings (SSSR count). The number of hydrogen-bond donors (Lipinski definition) is 1. The molecule has 0 aliphatic heterocycles. The summed E-state index contributed by atoms with van der Waals surface area (Å²) in [6, 6.07) is 0. The summed E-state index contributed by atoms with van der Waals surface area (Å²) in [5.41, 5.74) is 0. The van der Waals surface area contributed by atoms with Gasteiger partial charge in [0, 0.05) is 6.61 Å². The fourth-order valence-corrected chi connectivity index (χ4v) is 2.83. The molecule has 0 saturated heterocycles. The SMILES string of the molecule is CCCCCCCCCCCCCC(CO)CCC. The normalized spacial score (nSPS) is 12.8. The van der Waals surface area contributed by atoms with Gasteiger partial charge in [0.2, 0.25) is 0 Å². The van der Waals surface area contributed by atoms with Crippen molar-refractivity contribution < 1.29 is 5.11 Å². The smallest absolute Gasteiger partial charge is 0.0459 e. The van der Waals surface area contributed by atoms with Crippen molar-refractivity contribution in [3.63, 3.8) is 0 Å². The first-order chi connectivity index (χ1) is 9.35. The summed E-state index contributed by atoms with van der Waals surface area (Å²) in [6.45, 7) is 4.89. The molecule has 0 aliphatic carbocycles. The lowest BCUT2D eigenvalue weighted by molar-refractivity contribution is 0.206. The third-order valence-corrected chi connectivity index (χ3v) is 4.17. The van der Waals surface area contributed by atoms with Crippen LogP contribution in [-0.2, 0) is 0 Å². The lowest BCUT2D eigenvalue weighted by atomic mass is 9.96. The van der Waals surface area contributed by atoms with Crippen LogP contribution in [0.2, 0.25) is 0 Å². The highest BCUT2D eigenvalue weighted by Gasteiger charge is 2.05. The van der Waals surface area contributed by atoms with Crippen LogP contribution in [0, 0.1) is 5.92 Å². The standard InChI is InChI=1S/C18H38O/c1-3-5-6-7-8-9-10-11-12-13-14-16-18(17-19)15-4-2/h18-19H,3-17H2,1-2H3. The van der Waals surface area contributed by atoms with Crippen molar-refractivity contribution in [3.8, 4) is 0 Å². The quantitative estimate of drug-likeness (QED) is 0.357. The molecule has 0 aromatic carbocycles. The molecule has 19 heavy (non-hydrogen) atoms. The van der Waals surface area contributed by atoms with E-state index in [0.29, 0.717) is 12.5 Å². The molecule has 0 amide bonds. The number of aliphatic hydroxyl groups excluding tert-OH is 1. The Labute approximate surface area is 122 Å². The second-order valence-corrected chi connectivity index (χ2v) is 6.16. The van der Waals surface area contributed by atoms with E-state index in [0.717, 1.165) is 0 Å². The van der Waals surface area contributed by atoms with Gasteiger partial charge in [0.05, 0.1) is 0 Å². The molecule has 1 atom stereocenters. The number of aliphatic hydroxyl groups is 1. The van der Waals surface area contributed by atoms with Crippen LogP contribution in [0.15, 0.2) is 0 Å². The third kappa shape index (κ3) is 14.2. The highest BCUT2D eigenvalue weighted by atomic mass is 16.3. The lowest BCUT2D eigenvalue weighted by Gasteiger charge is -2.12. The van der Waals surface area contributed by atoms with Crippen LogP contribution in [-0.4, -0.2) is 11.7 Å². The van der Waals surface area contributed by atoms with Crippen molar-refractivity contribution in [1.82, 2.24) is 0 Å². The molecule has 0 aliphatic rings. The van der Waals surface area contributed by atoms with E-state index in [2.05, 4.69) is 13.8 Å². The Kier molecular flexibility index (Phi) is 16.0. The van der Waals surface area contributed by atoms with Crippen LogP contribution in [0.3, 0.4) is 0 Å². The first-order valence-electron chi connectivity index (χ1n) is 8.96. The average molecular weight is 271 g/mol. The summed E-state index contributed by atoms with van der Waals surface area (Å²) in [5, 5.41) is 9.22. The summed E-state index contributed by atoms with van der Waals surface area (Å²) in [4.78, 5) is 0. The van der Waals surface area contributed by atoms with Gasteiger partial charge in [0.1, 0.15) is 0 Å². The maximum atomic E-state index is 9.22. The van der Waals surface area contributed by atoms with Crippen molar-refractivity contribution in [2.75, 3.05) is 6.61 Å². The largest absolute Gasteiger partial charge is 0.396 e. The van der Waals surface area contributed by atoms with Crippen LogP contribution >= 0.6 is 0 Å². The van der Waals surface area contributed by atoms with E-state index in [-0.39, 0.29) is 0 Å². The zero-order valence-corrected chi connectivity index (χ0v) is 13.6. The molecule has 0 aromatic rings. The summed E-state index contributed by atoms with van der Waals surface area (Å²) in [7, 11) is 0. The Balaban J connectivity index is 3.09. The van der Waals surface area contributed by atoms with Gasteiger partial charge in [-0.15, -0.1) is 0 Å². The van der Waals surface area contributed by atoms with E-state index >= 15 is 0 Å². The fourth-order valence-electron chi connectivity index (χ4n) is 2.83. The van der Waals surface area contributed by atoms with Crippen molar-refractivity contribution >= 4 is 0 Å². The monoisotopic (exact) mass is 270 g/mol. The Hall–Kier alpha value is -0.0400. The summed E-state index contributed by atoms with van der Waals surface area (Å²) in [6.07, 6.45) is 19.2. The highest BCUT2D eigenvalue weighted by molar-refractivity contribution is 4.57. The molecule has 1 N–H and O–H groups in total. The first-order valence-corrected chi connectivity index (χ1v) is 8.96.